The summed E-state index contributed by atoms with van der Waals surface area (Å²) in [6.45, 7) is 2.16. The van der Waals surface area contributed by atoms with Gasteiger partial charge in [-0.3, -0.25) is 0 Å². The van der Waals surface area contributed by atoms with E-state index in [1.54, 1.807) is 11.3 Å². The largest absolute Gasteiger partial charge is 0.132 e. The van der Waals surface area contributed by atoms with Crippen LogP contribution in [0, 0.1) is 5.92 Å². The van der Waals surface area contributed by atoms with Gasteiger partial charge in [-0.2, -0.15) is 0 Å². The van der Waals surface area contributed by atoms with E-state index in [9.17, 15) is 0 Å². The van der Waals surface area contributed by atoms with Crippen molar-refractivity contribution in [2.75, 3.05) is 5.88 Å². The Kier molecular flexibility index (Phi) is 4.41. The van der Waals surface area contributed by atoms with Crippen molar-refractivity contribution in [1.29, 1.82) is 0 Å². The van der Waals surface area contributed by atoms with Crippen LogP contribution in [0.2, 0.25) is 4.34 Å². The van der Waals surface area contributed by atoms with Crippen molar-refractivity contribution in [2.24, 2.45) is 5.92 Å². The molecule has 0 saturated carbocycles. The zero-order valence-corrected chi connectivity index (χ0v) is 9.35. The third-order valence-electron chi connectivity index (χ3n) is 2.00. The first kappa shape index (κ1) is 10.4. The van der Waals surface area contributed by atoms with Gasteiger partial charge in [-0.1, -0.05) is 24.9 Å². The van der Waals surface area contributed by atoms with Gasteiger partial charge in [-0.25, -0.2) is 0 Å². The van der Waals surface area contributed by atoms with E-state index < -0.39 is 0 Å². The van der Waals surface area contributed by atoms with Crippen molar-refractivity contribution >= 4 is 34.5 Å². The maximum atomic E-state index is 5.97. The Balaban J connectivity index is 2.56. The molecular weight excluding hydrogens is 211 g/mol. The molecule has 68 valence electrons. The number of halogens is 2. The lowest BCUT2D eigenvalue weighted by Crippen LogP contribution is -2.04. The van der Waals surface area contributed by atoms with E-state index in [1.807, 2.05) is 5.38 Å². The number of hydrogen-bond donors (Lipinski definition) is 0. The second-order valence-corrected chi connectivity index (χ2v) is 4.68. The van der Waals surface area contributed by atoms with Crippen LogP contribution in [-0.2, 0) is 6.42 Å². The number of thiophene rings is 1. The molecule has 0 aromatic carbocycles. The van der Waals surface area contributed by atoms with Crippen LogP contribution in [0.25, 0.3) is 0 Å². The second-order valence-electron chi connectivity index (χ2n) is 2.85. The summed E-state index contributed by atoms with van der Waals surface area (Å²) >= 11 is 13.4. The lowest BCUT2D eigenvalue weighted by molar-refractivity contribution is 0.568. The van der Waals surface area contributed by atoms with E-state index >= 15 is 0 Å². The number of hydrogen-bond acceptors (Lipinski definition) is 1. The quantitative estimate of drug-likeness (QED) is 0.671. The summed E-state index contributed by atoms with van der Waals surface area (Å²) in [4.78, 5) is 0. The molecule has 1 heterocycles. The zero-order chi connectivity index (χ0) is 8.97. The lowest BCUT2D eigenvalue weighted by Gasteiger charge is -2.09. The topological polar surface area (TPSA) is 0 Å². The molecule has 1 atom stereocenters. The summed E-state index contributed by atoms with van der Waals surface area (Å²) in [5.74, 6) is 1.29. The SMILES string of the molecule is CCC(CCl)Cc1ccsc1Cl. The second kappa shape index (κ2) is 5.11. The maximum Gasteiger partial charge on any atom is 0.0960 e. The molecule has 1 aromatic heterocycles. The van der Waals surface area contributed by atoms with E-state index in [0.717, 1.165) is 23.1 Å². The van der Waals surface area contributed by atoms with Gasteiger partial charge < -0.3 is 0 Å². The molecule has 3 heteroatoms. The molecule has 0 aliphatic rings. The van der Waals surface area contributed by atoms with Crippen molar-refractivity contribution in [3.8, 4) is 0 Å². The minimum absolute atomic E-state index is 0.568. The predicted molar refractivity (Wildman–Crippen MR) is 57.5 cm³/mol. The van der Waals surface area contributed by atoms with E-state index in [0.29, 0.717) is 5.92 Å². The van der Waals surface area contributed by atoms with Crippen LogP contribution in [0.15, 0.2) is 11.4 Å². The number of rotatable bonds is 4. The van der Waals surface area contributed by atoms with Crippen LogP contribution in [0.3, 0.4) is 0 Å². The summed E-state index contributed by atoms with van der Waals surface area (Å²) < 4.78 is 0.915. The van der Waals surface area contributed by atoms with Gasteiger partial charge >= 0.3 is 0 Å². The summed E-state index contributed by atoms with van der Waals surface area (Å²) in [5.41, 5.74) is 1.24. The maximum absolute atomic E-state index is 5.97. The average molecular weight is 223 g/mol. The van der Waals surface area contributed by atoms with Crippen molar-refractivity contribution in [3.63, 3.8) is 0 Å². The predicted octanol–water partition coefficient (Wildman–Crippen LogP) is 4.21. The van der Waals surface area contributed by atoms with Gasteiger partial charge in [0, 0.05) is 5.88 Å². The Bertz CT molecular complexity index is 228. The Morgan fingerprint density at radius 3 is 2.75 bits per heavy atom. The van der Waals surface area contributed by atoms with Crippen molar-refractivity contribution in [3.05, 3.63) is 21.3 Å². The number of alkyl halides is 1. The molecule has 0 fully saturated rings. The minimum atomic E-state index is 0.568. The van der Waals surface area contributed by atoms with Gasteiger partial charge in [0.15, 0.2) is 0 Å². The van der Waals surface area contributed by atoms with Crippen LogP contribution < -0.4 is 0 Å². The molecule has 0 radical (unpaired) electrons. The molecule has 0 aliphatic heterocycles. The Morgan fingerprint density at radius 2 is 2.33 bits per heavy atom. The molecule has 0 saturated heterocycles. The third-order valence-corrected chi connectivity index (χ3v) is 3.69. The van der Waals surface area contributed by atoms with Gasteiger partial charge in [-0.05, 0) is 29.3 Å². The average Bonchev–Trinajstić information content (AvgIpc) is 2.47. The monoisotopic (exact) mass is 222 g/mol. The Morgan fingerprint density at radius 1 is 1.58 bits per heavy atom. The van der Waals surface area contributed by atoms with E-state index in [1.165, 1.54) is 5.56 Å². The lowest BCUT2D eigenvalue weighted by atomic mass is 10.0. The molecular formula is C9H12Cl2S. The highest BCUT2D eigenvalue weighted by atomic mass is 35.5. The summed E-state index contributed by atoms with van der Waals surface area (Å²) in [6.07, 6.45) is 2.14. The summed E-state index contributed by atoms with van der Waals surface area (Å²) in [5, 5.41) is 2.03. The standard InChI is InChI=1S/C9H12Cl2S/c1-2-7(6-10)5-8-3-4-12-9(8)11/h3-4,7H,2,5-6H2,1H3. The Hall–Kier alpha value is 0.280. The first-order valence-electron chi connectivity index (χ1n) is 4.05. The molecule has 0 bridgehead atoms. The van der Waals surface area contributed by atoms with Crippen molar-refractivity contribution in [1.82, 2.24) is 0 Å². The molecule has 1 aromatic rings. The molecule has 12 heavy (non-hydrogen) atoms. The molecule has 1 rings (SSSR count). The van der Waals surface area contributed by atoms with Gasteiger partial charge in [0.05, 0.1) is 4.34 Å². The fourth-order valence-corrected chi connectivity index (χ4v) is 2.36. The van der Waals surface area contributed by atoms with Crippen LogP contribution in [0.4, 0.5) is 0 Å². The highest BCUT2D eigenvalue weighted by molar-refractivity contribution is 7.14. The molecule has 0 amide bonds. The van der Waals surface area contributed by atoms with Gasteiger partial charge in [0.1, 0.15) is 0 Å². The van der Waals surface area contributed by atoms with E-state index in [2.05, 4.69) is 13.0 Å². The van der Waals surface area contributed by atoms with Gasteiger partial charge in [-0.15, -0.1) is 22.9 Å². The molecule has 0 aliphatic carbocycles. The van der Waals surface area contributed by atoms with Crippen LogP contribution in [-0.4, -0.2) is 5.88 Å². The van der Waals surface area contributed by atoms with Crippen molar-refractivity contribution < 1.29 is 0 Å². The molecule has 0 N–H and O–H groups in total. The smallest absolute Gasteiger partial charge is 0.0960 e. The minimum Gasteiger partial charge on any atom is -0.132 e. The van der Waals surface area contributed by atoms with Gasteiger partial charge in [0.25, 0.3) is 0 Å². The van der Waals surface area contributed by atoms with Gasteiger partial charge in [0.2, 0.25) is 0 Å². The fraction of sp³-hybridized carbons (Fsp3) is 0.556. The zero-order valence-electron chi connectivity index (χ0n) is 7.02. The van der Waals surface area contributed by atoms with E-state index in [-0.39, 0.29) is 0 Å². The third kappa shape index (κ3) is 2.65. The Labute approximate surface area is 87.5 Å². The first-order valence-corrected chi connectivity index (χ1v) is 5.85. The summed E-state index contributed by atoms with van der Waals surface area (Å²) in [7, 11) is 0. The summed E-state index contributed by atoms with van der Waals surface area (Å²) in [6, 6.07) is 2.09. The fourth-order valence-electron chi connectivity index (χ4n) is 1.08. The molecule has 0 nitrogen and oxygen atoms in total. The first-order chi connectivity index (χ1) is 5.77. The highest BCUT2D eigenvalue weighted by Crippen LogP contribution is 2.26. The van der Waals surface area contributed by atoms with E-state index in [4.69, 9.17) is 23.2 Å². The molecule has 0 spiro atoms. The van der Waals surface area contributed by atoms with Crippen LogP contribution >= 0.6 is 34.5 Å². The molecule has 1 unspecified atom stereocenters. The van der Waals surface area contributed by atoms with Crippen molar-refractivity contribution in [2.45, 2.75) is 19.8 Å². The van der Waals surface area contributed by atoms with Crippen LogP contribution in [0.1, 0.15) is 18.9 Å². The highest BCUT2D eigenvalue weighted by Gasteiger charge is 2.09. The normalized spacial score (nSPS) is 13.2. The van der Waals surface area contributed by atoms with Crippen LogP contribution in [0.5, 0.6) is 0 Å².